The number of thiophene rings is 1. The lowest BCUT2D eigenvalue weighted by Gasteiger charge is -2.13. The van der Waals surface area contributed by atoms with Crippen LogP contribution in [-0.2, 0) is 0 Å². The molecule has 4 heterocycles. The van der Waals surface area contributed by atoms with Crippen LogP contribution in [0.5, 0.6) is 0 Å². The van der Waals surface area contributed by atoms with Crippen molar-refractivity contribution in [3.63, 3.8) is 0 Å². The molecule has 9 aromatic rings. The minimum absolute atomic E-state index is 0.933. The molecule has 0 aliphatic rings. The molecule has 0 saturated heterocycles. The largest absolute Gasteiger partial charge is 0.309 e. The monoisotopic (exact) mass is 605 g/mol. The molecule has 4 heteroatoms. The van der Waals surface area contributed by atoms with Gasteiger partial charge in [-0.25, -0.2) is 0 Å². The second-order valence-corrected chi connectivity index (χ2v) is 12.4. The SMILES string of the molecule is c1ccc(-c2sc3c(ccc4c3c3ccccc3n4-c3cc(-c4ccccn4)cc(-c4ccccn4)c3)c2-c2ccccc2)cc1. The second-order valence-electron chi connectivity index (χ2n) is 11.4. The normalized spacial score (nSPS) is 11.5. The molecule has 216 valence electrons. The summed E-state index contributed by atoms with van der Waals surface area (Å²) in [6.45, 7) is 0. The lowest BCUT2D eigenvalue weighted by Crippen LogP contribution is -1.97. The van der Waals surface area contributed by atoms with Crippen LogP contribution in [-0.4, -0.2) is 14.5 Å². The van der Waals surface area contributed by atoms with Crippen molar-refractivity contribution in [1.82, 2.24) is 14.5 Å². The van der Waals surface area contributed by atoms with Crippen LogP contribution in [0.3, 0.4) is 0 Å². The lowest BCUT2D eigenvalue weighted by molar-refractivity contribution is 1.18. The fourth-order valence-electron chi connectivity index (χ4n) is 6.67. The molecule has 5 aromatic carbocycles. The van der Waals surface area contributed by atoms with Crippen molar-refractivity contribution >= 4 is 43.2 Å². The predicted molar refractivity (Wildman–Crippen MR) is 193 cm³/mol. The van der Waals surface area contributed by atoms with E-state index >= 15 is 0 Å². The van der Waals surface area contributed by atoms with E-state index in [0.717, 1.165) is 28.2 Å². The number of hydrogen-bond donors (Lipinski definition) is 0. The first-order chi connectivity index (χ1) is 22.8. The Morgan fingerprint density at radius 2 is 1.07 bits per heavy atom. The van der Waals surface area contributed by atoms with Gasteiger partial charge in [-0.05, 0) is 65.7 Å². The Bertz CT molecular complexity index is 2440. The summed E-state index contributed by atoms with van der Waals surface area (Å²) in [5.41, 5.74) is 11.2. The van der Waals surface area contributed by atoms with Crippen LogP contribution in [0.25, 0.3) is 81.7 Å². The molecule has 0 amide bonds. The highest BCUT2D eigenvalue weighted by atomic mass is 32.1. The van der Waals surface area contributed by atoms with E-state index < -0.39 is 0 Å². The van der Waals surface area contributed by atoms with Gasteiger partial charge in [0.1, 0.15) is 0 Å². The predicted octanol–water partition coefficient (Wildman–Crippen LogP) is 11.5. The number of hydrogen-bond acceptors (Lipinski definition) is 3. The summed E-state index contributed by atoms with van der Waals surface area (Å²) in [4.78, 5) is 10.7. The van der Waals surface area contributed by atoms with Gasteiger partial charge >= 0.3 is 0 Å². The Labute approximate surface area is 270 Å². The van der Waals surface area contributed by atoms with Crippen molar-refractivity contribution in [3.8, 4) is 49.8 Å². The molecule has 0 unspecified atom stereocenters. The van der Waals surface area contributed by atoms with Crippen LogP contribution in [0.15, 0.2) is 164 Å². The fraction of sp³-hybridized carbons (Fsp3) is 0. The fourth-order valence-corrected chi connectivity index (χ4v) is 8.06. The number of pyridine rings is 2. The van der Waals surface area contributed by atoms with Crippen molar-refractivity contribution < 1.29 is 0 Å². The van der Waals surface area contributed by atoms with Crippen molar-refractivity contribution in [1.29, 1.82) is 0 Å². The third kappa shape index (κ3) is 4.34. The maximum absolute atomic E-state index is 4.71. The van der Waals surface area contributed by atoms with Crippen LogP contribution in [0.1, 0.15) is 0 Å². The van der Waals surface area contributed by atoms with E-state index in [1.807, 2.05) is 48.0 Å². The standard InChI is InChI=1S/C42H27N3S/c1-3-13-28(14-4-1)39-34-21-22-38-40(42(34)46-41(39)29-15-5-2-6-16-29)33-17-7-8-20-37(33)45(38)32-26-30(35-18-9-11-23-43-35)25-31(27-32)36-19-10-12-24-44-36/h1-27H. The first kappa shape index (κ1) is 26.6. The summed E-state index contributed by atoms with van der Waals surface area (Å²) >= 11 is 1.89. The number of aromatic nitrogens is 3. The zero-order valence-electron chi connectivity index (χ0n) is 24.8. The van der Waals surface area contributed by atoms with Gasteiger partial charge in [-0.2, -0.15) is 0 Å². The number of fused-ring (bicyclic) bond motifs is 5. The molecule has 0 N–H and O–H groups in total. The first-order valence-electron chi connectivity index (χ1n) is 15.4. The second kappa shape index (κ2) is 11.0. The third-order valence-corrected chi connectivity index (χ3v) is 9.96. The molecular weight excluding hydrogens is 579 g/mol. The van der Waals surface area contributed by atoms with Gasteiger partial charge in [-0.15, -0.1) is 11.3 Å². The van der Waals surface area contributed by atoms with Crippen molar-refractivity contribution in [2.45, 2.75) is 0 Å². The maximum atomic E-state index is 4.71. The summed E-state index contributed by atoms with van der Waals surface area (Å²) < 4.78 is 3.71. The van der Waals surface area contributed by atoms with E-state index in [1.54, 1.807) is 0 Å². The van der Waals surface area contributed by atoms with Gasteiger partial charge < -0.3 is 4.57 Å². The van der Waals surface area contributed by atoms with Crippen LogP contribution in [0, 0.1) is 0 Å². The molecule has 4 aromatic heterocycles. The number of para-hydroxylation sites is 1. The van der Waals surface area contributed by atoms with Gasteiger partial charge in [0.2, 0.25) is 0 Å². The number of rotatable bonds is 5. The zero-order valence-corrected chi connectivity index (χ0v) is 25.7. The van der Waals surface area contributed by atoms with Gasteiger partial charge in [0.25, 0.3) is 0 Å². The van der Waals surface area contributed by atoms with Gasteiger partial charge in [0.05, 0.1) is 22.4 Å². The lowest BCUT2D eigenvalue weighted by atomic mass is 9.98. The highest BCUT2D eigenvalue weighted by Gasteiger charge is 2.22. The van der Waals surface area contributed by atoms with Crippen LogP contribution in [0.4, 0.5) is 0 Å². The minimum atomic E-state index is 0.933. The molecule has 3 nitrogen and oxygen atoms in total. The maximum Gasteiger partial charge on any atom is 0.0702 e. The van der Waals surface area contributed by atoms with Gasteiger partial charge in [-0.3, -0.25) is 9.97 Å². The Kier molecular flexibility index (Phi) is 6.32. The van der Waals surface area contributed by atoms with E-state index in [0.29, 0.717) is 0 Å². The Hall–Kier alpha value is -5.84. The van der Waals surface area contributed by atoms with E-state index in [-0.39, 0.29) is 0 Å². The summed E-state index contributed by atoms with van der Waals surface area (Å²) in [5.74, 6) is 0. The van der Waals surface area contributed by atoms with Crippen molar-refractivity contribution in [2.75, 3.05) is 0 Å². The van der Waals surface area contributed by atoms with Gasteiger partial charge in [-0.1, -0.05) is 97.1 Å². The first-order valence-corrected chi connectivity index (χ1v) is 16.2. The highest BCUT2D eigenvalue weighted by molar-refractivity contribution is 7.24. The Morgan fingerprint density at radius 1 is 0.457 bits per heavy atom. The molecule has 0 saturated carbocycles. The summed E-state index contributed by atoms with van der Waals surface area (Å²) in [7, 11) is 0. The van der Waals surface area contributed by atoms with Gasteiger partial charge in [0.15, 0.2) is 0 Å². The van der Waals surface area contributed by atoms with Crippen molar-refractivity contribution in [3.05, 3.63) is 164 Å². The van der Waals surface area contributed by atoms with E-state index in [4.69, 9.17) is 9.97 Å². The summed E-state index contributed by atoms with van der Waals surface area (Å²) in [5, 5.41) is 3.80. The summed E-state index contributed by atoms with van der Waals surface area (Å²) in [6, 6.07) is 53.8. The zero-order chi connectivity index (χ0) is 30.5. The Morgan fingerprint density at radius 3 is 1.72 bits per heavy atom. The molecule has 0 fully saturated rings. The molecule has 46 heavy (non-hydrogen) atoms. The van der Waals surface area contributed by atoms with Crippen LogP contribution in [0.2, 0.25) is 0 Å². The Balaban J connectivity index is 1.38. The van der Waals surface area contributed by atoms with Gasteiger partial charge in [0, 0.05) is 60.5 Å². The number of nitrogens with zero attached hydrogens (tertiary/aromatic N) is 3. The smallest absolute Gasteiger partial charge is 0.0702 e. The number of benzene rings is 5. The minimum Gasteiger partial charge on any atom is -0.309 e. The van der Waals surface area contributed by atoms with E-state index in [9.17, 15) is 0 Å². The molecule has 9 rings (SSSR count). The summed E-state index contributed by atoms with van der Waals surface area (Å²) in [6.07, 6.45) is 3.70. The molecule has 0 radical (unpaired) electrons. The van der Waals surface area contributed by atoms with E-state index in [1.165, 1.54) is 53.5 Å². The topological polar surface area (TPSA) is 30.7 Å². The molecule has 0 bridgehead atoms. The molecule has 0 atom stereocenters. The van der Waals surface area contributed by atoms with Crippen LogP contribution < -0.4 is 0 Å². The average molecular weight is 606 g/mol. The molecular formula is C42H27N3S. The molecule has 0 aliphatic carbocycles. The third-order valence-electron chi connectivity index (χ3n) is 8.69. The molecule has 0 spiro atoms. The van der Waals surface area contributed by atoms with Crippen molar-refractivity contribution in [2.24, 2.45) is 0 Å². The van der Waals surface area contributed by atoms with E-state index in [2.05, 4.69) is 132 Å². The van der Waals surface area contributed by atoms with Crippen LogP contribution >= 0.6 is 11.3 Å². The quantitative estimate of drug-likeness (QED) is 0.195. The average Bonchev–Trinajstić information content (AvgIpc) is 3.69. The molecule has 0 aliphatic heterocycles. The highest BCUT2D eigenvalue weighted by Crippen LogP contribution is 2.49.